The van der Waals surface area contributed by atoms with Crippen molar-refractivity contribution in [1.82, 2.24) is 5.32 Å². The van der Waals surface area contributed by atoms with Crippen molar-refractivity contribution in [3.63, 3.8) is 0 Å². The van der Waals surface area contributed by atoms with Crippen LogP contribution in [0.3, 0.4) is 0 Å². The van der Waals surface area contributed by atoms with Crippen molar-refractivity contribution in [2.45, 2.75) is 26.3 Å². The number of hydrogen-bond acceptors (Lipinski definition) is 2. The predicted octanol–water partition coefficient (Wildman–Crippen LogP) is 3.44. The van der Waals surface area contributed by atoms with E-state index in [0.717, 1.165) is 26.2 Å². The lowest BCUT2D eigenvalue weighted by atomic mass is 9.91. The zero-order valence-corrected chi connectivity index (χ0v) is 12.1. The lowest BCUT2D eigenvalue weighted by molar-refractivity contribution is 0.177. The first-order chi connectivity index (χ1) is 8.22. The molecular formula is C14H20BrNO. The van der Waals surface area contributed by atoms with Crippen LogP contribution in [0.15, 0.2) is 22.7 Å². The molecule has 2 atom stereocenters. The van der Waals surface area contributed by atoms with Crippen LogP contribution in [0.5, 0.6) is 0 Å². The highest BCUT2D eigenvalue weighted by molar-refractivity contribution is 9.10. The molecule has 0 radical (unpaired) electrons. The summed E-state index contributed by atoms with van der Waals surface area (Å²) < 4.78 is 6.69. The van der Waals surface area contributed by atoms with Crippen molar-refractivity contribution in [3.8, 4) is 0 Å². The van der Waals surface area contributed by atoms with Crippen LogP contribution in [0.2, 0.25) is 0 Å². The van der Waals surface area contributed by atoms with E-state index in [0.29, 0.717) is 12.0 Å². The normalized spacial score (nSPS) is 21.7. The van der Waals surface area contributed by atoms with Crippen LogP contribution >= 0.6 is 15.9 Å². The minimum atomic E-state index is 0.425. The van der Waals surface area contributed by atoms with Crippen LogP contribution in [0.4, 0.5) is 0 Å². The topological polar surface area (TPSA) is 21.3 Å². The van der Waals surface area contributed by atoms with Crippen LogP contribution < -0.4 is 5.32 Å². The number of hydrogen-bond donors (Lipinski definition) is 1. The highest BCUT2D eigenvalue weighted by Gasteiger charge is 2.26. The first kappa shape index (κ1) is 13.1. The molecule has 3 heteroatoms. The SMILES string of the molecule is CCNC(c1ccc(Br)c(C)c1)C1CCOC1. The summed E-state index contributed by atoms with van der Waals surface area (Å²) in [4.78, 5) is 0. The van der Waals surface area contributed by atoms with Crippen molar-refractivity contribution in [2.75, 3.05) is 19.8 Å². The van der Waals surface area contributed by atoms with E-state index in [-0.39, 0.29) is 0 Å². The van der Waals surface area contributed by atoms with Gasteiger partial charge in [0.2, 0.25) is 0 Å². The minimum absolute atomic E-state index is 0.425. The molecule has 0 saturated carbocycles. The van der Waals surface area contributed by atoms with Crippen molar-refractivity contribution in [3.05, 3.63) is 33.8 Å². The fourth-order valence-corrected chi connectivity index (χ4v) is 2.70. The summed E-state index contributed by atoms with van der Waals surface area (Å²) in [5.74, 6) is 0.607. The summed E-state index contributed by atoms with van der Waals surface area (Å²) in [6.45, 7) is 7.08. The largest absolute Gasteiger partial charge is 0.381 e. The first-order valence-corrected chi connectivity index (χ1v) is 7.09. The zero-order chi connectivity index (χ0) is 12.3. The van der Waals surface area contributed by atoms with Gasteiger partial charge in [-0.2, -0.15) is 0 Å². The predicted molar refractivity (Wildman–Crippen MR) is 74.2 cm³/mol. The van der Waals surface area contributed by atoms with Gasteiger partial charge in [0.15, 0.2) is 0 Å². The Labute approximate surface area is 112 Å². The molecular weight excluding hydrogens is 278 g/mol. The Kier molecular flexibility index (Phi) is 4.60. The van der Waals surface area contributed by atoms with Gasteiger partial charge in [0, 0.05) is 23.0 Å². The number of halogens is 1. The van der Waals surface area contributed by atoms with E-state index in [1.165, 1.54) is 15.6 Å². The maximum absolute atomic E-state index is 5.51. The second kappa shape index (κ2) is 5.98. The molecule has 17 heavy (non-hydrogen) atoms. The third-order valence-corrected chi connectivity index (χ3v) is 4.29. The summed E-state index contributed by atoms with van der Waals surface area (Å²) >= 11 is 3.56. The zero-order valence-electron chi connectivity index (χ0n) is 10.5. The number of nitrogens with one attached hydrogen (secondary N) is 1. The summed E-state index contributed by atoms with van der Waals surface area (Å²) in [6.07, 6.45) is 1.16. The standard InChI is InChI=1S/C14H20BrNO/c1-3-16-14(12-6-7-17-9-12)11-4-5-13(15)10(2)8-11/h4-5,8,12,14,16H,3,6-7,9H2,1-2H3. The molecule has 1 aromatic rings. The van der Waals surface area contributed by atoms with Crippen molar-refractivity contribution >= 4 is 15.9 Å². The van der Waals surface area contributed by atoms with Crippen LogP contribution in [0.1, 0.15) is 30.5 Å². The molecule has 2 nitrogen and oxygen atoms in total. The van der Waals surface area contributed by atoms with E-state index < -0.39 is 0 Å². The van der Waals surface area contributed by atoms with Gasteiger partial charge in [-0.05, 0) is 37.1 Å². The second-order valence-corrected chi connectivity index (χ2v) is 5.52. The molecule has 2 rings (SSSR count). The van der Waals surface area contributed by atoms with E-state index >= 15 is 0 Å². The van der Waals surface area contributed by atoms with E-state index in [4.69, 9.17) is 4.74 Å². The van der Waals surface area contributed by atoms with Crippen LogP contribution in [0, 0.1) is 12.8 Å². The Morgan fingerprint density at radius 2 is 2.35 bits per heavy atom. The van der Waals surface area contributed by atoms with Gasteiger partial charge in [0.1, 0.15) is 0 Å². The van der Waals surface area contributed by atoms with Gasteiger partial charge in [-0.25, -0.2) is 0 Å². The van der Waals surface area contributed by atoms with E-state index in [2.05, 4.69) is 53.3 Å². The summed E-state index contributed by atoms with van der Waals surface area (Å²) in [7, 11) is 0. The number of aryl methyl sites for hydroxylation is 1. The molecule has 0 amide bonds. The number of ether oxygens (including phenoxy) is 1. The third-order valence-electron chi connectivity index (χ3n) is 3.40. The van der Waals surface area contributed by atoms with Gasteiger partial charge in [0.25, 0.3) is 0 Å². The van der Waals surface area contributed by atoms with Crippen molar-refractivity contribution in [1.29, 1.82) is 0 Å². The molecule has 1 heterocycles. The molecule has 1 saturated heterocycles. The van der Waals surface area contributed by atoms with E-state index in [1.54, 1.807) is 0 Å². The van der Waals surface area contributed by atoms with E-state index in [9.17, 15) is 0 Å². The fraction of sp³-hybridized carbons (Fsp3) is 0.571. The van der Waals surface area contributed by atoms with Crippen LogP contribution in [-0.4, -0.2) is 19.8 Å². The maximum Gasteiger partial charge on any atom is 0.0513 e. The van der Waals surface area contributed by atoms with Gasteiger partial charge in [-0.1, -0.05) is 35.0 Å². The smallest absolute Gasteiger partial charge is 0.0513 e. The van der Waals surface area contributed by atoms with Gasteiger partial charge in [0.05, 0.1) is 6.61 Å². The van der Waals surface area contributed by atoms with Crippen molar-refractivity contribution < 1.29 is 4.74 Å². The average molecular weight is 298 g/mol. The molecule has 1 fully saturated rings. The second-order valence-electron chi connectivity index (χ2n) is 4.67. The first-order valence-electron chi connectivity index (χ1n) is 6.29. The summed E-state index contributed by atoms with van der Waals surface area (Å²) in [5, 5.41) is 3.59. The third kappa shape index (κ3) is 3.09. The average Bonchev–Trinajstić information content (AvgIpc) is 2.83. The Hall–Kier alpha value is -0.380. The van der Waals surface area contributed by atoms with Crippen LogP contribution in [0.25, 0.3) is 0 Å². The highest BCUT2D eigenvalue weighted by atomic mass is 79.9. The monoisotopic (exact) mass is 297 g/mol. The Morgan fingerprint density at radius 3 is 2.94 bits per heavy atom. The lowest BCUT2D eigenvalue weighted by Crippen LogP contribution is -2.28. The molecule has 0 bridgehead atoms. The van der Waals surface area contributed by atoms with Gasteiger partial charge in [-0.15, -0.1) is 0 Å². The van der Waals surface area contributed by atoms with Gasteiger partial charge < -0.3 is 10.1 Å². The summed E-state index contributed by atoms with van der Waals surface area (Å²) in [5.41, 5.74) is 2.67. The maximum atomic E-state index is 5.51. The Morgan fingerprint density at radius 1 is 1.53 bits per heavy atom. The molecule has 1 aliphatic rings. The lowest BCUT2D eigenvalue weighted by Gasteiger charge is -2.24. The highest BCUT2D eigenvalue weighted by Crippen LogP contribution is 2.30. The van der Waals surface area contributed by atoms with Gasteiger partial charge >= 0.3 is 0 Å². The molecule has 1 aromatic carbocycles. The fourth-order valence-electron chi connectivity index (χ4n) is 2.45. The Balaban J connectivity index is 2.21. The molecule has 1 aliphatic heterocycles. The molecule has 1 N–H and O–H groups in total. The van der Waals surface area contributed by atoms with Gasteiger partial charge in [-0.3, -0.25) is 0 Å². The Bertz CT molecular complexity index is 374. The summed E-state index contributed by atoms with van der Waals surface area (Å²) in [6, 6.07) is 7.05. The molecule has 0 aliphatic carbocycles. The van der Waals surface area contributed by atoms with E-state index in [1.807, 2.05) is 0 Å². The number of rotatable bonds is 4. The quantitative estimate of drug-likeness (QED) is 0.919. The van der Waals surface area contributed by atoms with Crippen molar-refractivity contribution in [2.24, 2.45) is 5.92 Å². The molecule has 94 valence electrons. The molecule has 2 unspecified atom stereocenters. The molecule has 0 spiro atoms. The van der Waals surface area contributed by atoms with Crippen LogP contribution in [-0.2, 0) is 4.74 Å². The minimum Gasteiger partial charge on any atom is -0.381 e. The number of benzene rings is 1. The molecule has 0 aromatic heterocycles.